The largest absolute Gasteiger partial charge is 0.392 e. The molecule has 0 radical (unpaired) electrons. The number of imidazole rings is 1. The second kappa shape index (κ2) is 5.59. The van der Waals surface area contributed by atoms with Crippen LogP contribution in [0.25, 0.3) is 16.9 Å². The van der Waals surface area contributed by atoms with Gasteiger partial charge in [-0.05, 0) is 33.9 Å². The zero-order chi connectivity index (χ0) is 16.6. The van der Waals surface area contributed by atoms with Gasteiger partial charge in [-0.15, -0.1) is 4.91 Å². The van der Waals surface area contributed by atoms with Gasteiger partial charge in [-0.25, -0.2) is 4.98 Å². The molecule has 2 aromatic heterocycles. The van der Waals surface area contributed by atoms with E-state index in [-0.39, 0.29) is 17.8 Å². The lowest BCUT2D eigenvalue weighted by atomic mass is 9.86. The fourth-order valence-corrected chi connectivity index (χ4v) is 2.58. The van der Waals surface area contributed by atoms with Gasteiger partial charge in [0.2, 0.25) is 5.82 Å². The Balaban J connectivity index is 2.13. The third kappa shape index (κ3) is 2.75. The van der Waals surface area contributed by atoms with Crippen molar-refractivity contribution in [3.05, 3.63) is 58.6 Å². The molecule has 0 fully saturated rings. The molecule has 0 saturated heterocycles. The zero-order valence-electron chi connectivity index (χ0n) is 13.4. The Labute approximate surface area is 134 Å². The highest BCUT2D eigenvalue weighted by atomic mass is 16.3. The molecule has 0 atom stereocenters. The average molecular weight is 309 g/mol. The van der Waals surface area contributed by atoms with Crippen LogP contribution in [-0.4, -0.2) is 14.5 Å². The van der Waals surface area contributed by atoms with Crippen molar-refractivity contribution in [1.29, 1.82) is 0 Å². The number of aromatic nitrogens is 2. The third-order valence-corrected chi connectivity index (χ3v) is 3.96. The lowest BCUT2D eigenvalue weighted by molar-refractivity contribution is 0.282. The first-order chi connectivity index (χ1) is 10.9. The van der Waals surface area contributed by atoms with E-state index in [9.17, 15) is 10.0 Å². The van der Waals surface area contributed by atoms with E-state index in [0.29, 0.717) is 11.3 Å². The standard InChI is InChI=1S/C18H19N3O2/c1-18(2,3)14-6-4-13(5-7-14)16-17(20-23)21-9-8-12(11-22)10-15(21)19-16/h4-10,22H,11H2,1-3H3. The molecule has 2 heterocycles. The summed E-state index contributed by atoms with van der Waals surface area (Å²) in [4.78, 5) is 15.8. The van der Waals surface area contributed by atoms with E-state index in [4.69, 9.17) is 0 Å². The Morgan fingerprint density at radius 2 is 1.87 bits per heavy atom. The minimum atomic E-state index is -0.0666. The number of benzene rings is 1. The first kappa shape index (κ1) is 15.4. The fourth-order valence-electron chi connectivity index (χ4n) is 2.58. The van der Waals surface area contributed by atoms with Crippen LogP contribution in [-0.2, 0) is 12.0 Å². The predicted octanol–water partition coefficient (Wildman–Crippen LogP) is 4.19. The first-order valence-corrected chi connectivity index (χ1v) is 7.50. The molecule has 0 aliphatic rings. The summed E-state index contributed by atoms with van der Waals surface area (Å²) in [6.45, 7) is 6.40. The summed E-state index contributed by atoms with van der Waals surface area (Å²) in [6.07, 6.45) is 1.71. The normalized spacial score (nSPS) is 11.8. The molecular formula is C18H19N3O2. The highest BCUT2D eigenvalue weighted by Gasteiger charge is 2.17. The molecule has 0 aliphatic heterocycles. The average Bonchev–Trinajstić information content (AvgIpc) is 2.91. The molecule has 5 heteroatoms. The summed E-state index contributed by atoms with van der Waals surface area (Å²) >= 11 is 0. The maximum Gasteiger partial charge on any atom is 0.209 e. The van der Waals surface area contributed by atoms with Crippen LogP contribution in [0.5, 0.6) is 0 Å². The molecule has 0 unspecified atom stereocenters. The monoisotopic (exact) mass is 309 g/mol. The van der Waals surface area contributed by atoms with Crippen molar-refractivity contribution in [2.75, 3.05) is 0 Å². The van der Waals surface area contributed by atoms with E-state index < -0.39 is 0 Å². The topological polar surface area (TPSA) is 67.0 Å². The smallest absolute Gasteiger partial charge is 0.209 e. The van der Waals surface area contributed by atoms with Crippen molar-refractivity contribution in [2.45, 2.75) is 32.8 Å². The molecule has 0 aliphatic carbocycles. The van der Waals surface area contributed by atoms with Crippen LogP contribution in [0, 0.1) is 4.91 Å². The highest BCUT2D eigenvalue weighted by molar-refractivity contribution is 5.74. The van der Waals surface area contributed by atoms with Gasteiger partial charge in [0.15, 0.2) is 0 Å². The van der Waals surface area contributed by atoms with E-state index in [1.54, 1.807) is 22.7 Å². The maximum absolute atomic E-state index is 11.3. The van der Waals surface area contributed by atoms with Crippen molar-refractivity contribution in [2.24, 2.45) is 5.18 Å². The number of aliphatic hydroxyl groups is 1. The first-order valence-electron chi connectivity index (χ1n) is 7.50. The number of aliphatic hydroxyl groups excluding tert-OH is 1. The van der Waals surface area contributed by atoms with Crippen LogP contribution in [0.4, 0.5) is 5.82 Å². The van der Waals surface area contributed by atoms with Gasteiger partial charge < -0.3 is 5.11 Å². The van der Waals surface area contributed by atoms with Crippen LogP contribution >= 0.6 is 0 Å². The Morgan fingerprint density at radius 1 is 1.17 bits per heavy atom. The number of fused-ring (bicyclic) bond motifs is 1. The lowest BCUT2D eigenvalue weighted by Gasteiger charge is -2.18. The quantitative estimate of drug-likeness (QED) is 0.738. The van der Waals surface area contributed by atoms with Gasteiger partial charge in [0.1, 0.15) is 11.3 Å². The second-order valence-corrected chi connectivity index (χ2v) is 6.62. The second-order valence-electron chi connectivity index (χ2n) is 6.62. The molecule has 1 aromatic carbocycles. The minimum Gasteiger partial charge on any atom is -0.392 e. The van der Waals surface area contributed by atoms with Gasteiger partial charge in [0, 0.05) is 11.8 Å². The van der Waals surface area contributed by atoms with E-state index in [1.165, 1.54) is 5.56 Å². The summed E-state index contributed by atoms with van der Waals surface area (Å²) in [5.74, 6) is 0.271. The molecule has 0 bridgehead atoms. The van der Waals surface area contributed by atoms with Crippen molar-refractivity contribution in [3.63, 3.8) is 0 Å². The van der Waals surface area contributed by atoms with Gasteiger partial charge in [-0.1, -0.05) is 45.0 Å². The Bertz CT molecular complexity index is 858. The molecule has 5 nitrogen and oxygen atoms in total. The van der Waals surface area contributed by atoms with E-state index in [2.05, 4.69) is 30.9 Å². The molecular weight excluding hydrogens is 290 g/mol. The van der Waals surface area contributed by atoms with Crippen LogP contribution in [0.15, 0.2) is 47.8 Å². The summed E-state index contributed by atoms with van der Waals surface area (Å²) in [7, 11) is 0. The molecule has 23 heavy (non-hydrogen) atoms. The van der Waals surface area contributed by atoms with Crippen LogP contribution in [0.1, 0.15) is 31.9 Å². The van der Waals surface area contributed by atoms with E-state index in [1.807, 2.05) is 24.3 Å². The summed E-state index contributed by atoms with van der Waals surface area (Å²) < 4.78 is 1.64. The molecule has 3 aromatic rings. The lowest BCUT2D eigenvalue weighted by Crippen LogP contribution is -2.10. The Kier molecular flexibility index (Phi) is 3.74. The number of nitrogens with zero attached hydrogens (tertiary/aromatic N) is 3. The van der Waals surface area contributed by atoms with Gasteiger partial charge in [0.25, 0.3) is 0 Å². The number of pyridine rings is 1. The highest BCUT2D eigenvalue weighted by Crippen LogP contribution is 2.32. The van der Waals surface area contributed by atoms with E-state index >= 15 is 0 Å². The van der Waals surface area contributed by atoms with Gasteiger partial charge in [-0.3, -0.25) is 4.40 Å². The molecule has 0 amide bonds. The number of rotatable bonds is 3. The van der Waals surface area contributed by atoms with Crippen molar-refractivity contribution >= 4 is 11.5 Å². The maximum atomic E-state index is 11.3. The molecule has 3 rings (SSSR count). The van der Waals surface area contributed by atoms with Crippen LogP contribution in [0.2, 0.25) is 0 Å². The van der Waals surface area contributed by atoms with E-state index in [0.717, 1.165) is 11.1 Å². The van der Waals surface area contributed by atoms with Gasteiger partial charge in [0.05, 0.1) is 6.61 Å². The van der Waals surface area contributed by atoms with Gasteiger partial charge in [-0.2, -0.15) is 0 Å². The molecule has 0 saturated carbocycles. The molecule has 118 valence electrons. The number of hydrogen-bond acceptors (Lipinski definition) is 4. The number of hydrogen-bond donors (Lipinski definition) is 1. The summed E-state index contributed by atoms with van der Waals surface area (Å²) in [5, 5.41) is 12.4. The van der Waals surface area contributed by atoms with Crippen molar-refractivity contribution in [3.8, 4) is 11.3 Å². The van der Waals surface area contributed by atoms with Gasteiger partial charge >= 0.3 is 0 Å². The van der Waals surface area contributed by atoms with Crippen LogP contribution in [0.3, 0.4) is 0 Å². The number of nitroso groups, excluding NO2 is 1. The Morgan fingerprint density at radius 3 is 2.43 bits per heavy atom. The Hall–Kier alpha value is -2.53. The van der Waals surface area contributed by atoms with Crippen molar-refractivity contribution in [1.82, 2.24) is 9.38 Å². The van der Waals surface area contributed by atoms with Crippen LogP contribution < -0.4 is 0 Å². The molecule has 0 spiro atoms. The molecule has 1 N–H and O–H groups in total. The van der Waals surface area contributed by atoms with Crippen molar-refractivity contribution < 1.29 is 5.11 Å². The zero-order valence-corrected chi connectivity index (χ0v) is 13.4. The summed E-state index contributed by atoms with van der Waals surface area (Å²) in [5.41, 5.74) is 4.03. The predicted molar refractivity (Wildman–Crippen MR) is 90.7 cm³/mol. The third-order valence-electron chi connectivity index (χ3n) is 3.96. The minimum absolute atomic E-state index is 0.0666. The SMILES string of the molecule is CC(C)(C)c1ccc(-c2nc3cc(CO)ccn3c2N=O)cc1. The fraction of sp³-hybridized carbons (Fsp3) is 0.278. The summed E-state index contributed by atoms with van der Waals surface area (Å²) in [6, 6.07) is 11.5.